The second-order valence-corrected chi connectivity index (χ2v) is 6.36. The van der Waals surface area contributed by atoms with Gasteiger partial charge in [0.1, 0.15) is 0 Å². The maximum Gasteiger partial charge on any atom is 0.240 e. The zero-order valence-electron chi connectivity index (χ0n) is 12.1. The number of rotatable bonds is 9. The molecule has 0 aromatic heterocycles. The Balaban J connectivity index is 2.60. The van der Waals surface area contributed by atoms with Crippen LogP contribution in [0.5, 0.6) is 0 Å². The lowest BCUT2D eigenvalue weighted by atomic mass is 10.2. The van der Waals surface area contributed by atoms with Crippen LogP contribution in [-0.2, 0) is 21.4 Å². The number of nitrogens with one attached hydrogen (secondary N) is 1. The lowest BCUT2D eigenvalue weighted by Crippen LogP contribution is -2.26. The summed E-state index contributed by atoms with van der Waals surface area (Å²) in [4.78, 5) is 0.221. The van der Waals surface area contributed by atoms with Crippen molar-refractivity contribution in [2.45, 2.75) is 38.2 Å². The third-order valence-corrected chi connectivity index (χ3v) is 4.43. The van der Waals surface area contributed by atoms with Crippen molar-refractivity contribution in [3.8, 4) is 0 Å². The zero-order valence-corrected chi connectivity index (χ0v) is 12.9. The highest BCUT2D eigenvalue weighted by Gasteiger charge is 2.16. The van der Waals surface area contributed by atoms with E-state index >= 15 is 0 Å². The zero-order chi connectivity index (χ0) is 15.0. The van der Waals surface area contributed by atoms with Gasteiger partial charge >= 0.3 is 0 Å². The van der Waals surface area contributed by atoms with Crippen LogP contribution >= 0.6 is 0 Å². The second-order valence-electron chi connectivity index (χ2n) is 4.62. The Kier molecular flexibility index (Phi) is 7.15. The number of benzene rings is 1. The topological polar surface area (TPSA) is 75.6 Å². The van der Waals surface area contributed by atoms with Crippen molar-refractivity contribution in [2.75, 3.05) is 19.8 Å². The summed E-state index contributed by atoms with van der Waals surface area (Å²) < 4.78 is 32.2. The van der Waals surface area contributed by atoms with E-state index < -0.39 is 10.0 Å². The molecule has 0 saturated heterocycles. The molecule has 1 aromatic carbocycles. The number of ether oxygens (including phenoxy) is 1. The molecule has 0 amide bonds. The van der Waals surface area contributed by atoms with Gasteiger partial charge in [-0.25, -0.2) is 13.1 Å². The molecule has 2 N–H and O–H groups in total. The fraction of sp³-hybridized carbons (Fsp3) is 0.571. The molecule has 0 fully saturated rings. The van der Waals surface area contributed by atoms with Gasteiger partial charge in [-0.15, -0.1) is 0 Å². The average Bonchev–Trinajstić information content (AvgIpc) is 2.43. The molecule has 0 bridgehead atoms. The predicted molar refractivity (Wildman–Crippen MR) is 78.0 cm³/mol. The molecule has 6 heteroatoms. The first-order chi connectivity index (χ1) is 9.51. The lowest BCUT2D eigenvalue weighted by molar-refractivity contribution is 0.133. The molecule has 20 heavy (non-hydrogen) atoms. The van der Waals surface area contributed by atoms with Crippen molar-refractivity contribution in [1.29, 1.82) is 0 Å². The molecule has 0 saturated carbocycles. The fourth-order valence-corrected chi connectivity index (χ4v) is 3.10. The standard InChI is InChI=1S/C14H23NO4S/c1-3-8-19-9-4-7-15-20(17,18)14-10-13(11-16)6-5-12(14)2/h5-6,10,15-16H,3-4,7-9,11H2,1-2H3. The van der Waals surface area contributed by atoms with Gasteiger partial charge in [0, 0.05) is 19.8 Å². The van der Waals surface area contributed by atoms with E-state index in [1.807, 2.05) is 6.92 Å². The Morgan fingerprint density at radius 3 is 2.70 bits per heavy atom. The first-order valence-electron chi connectivity index (χ1n) is 6.79. The Bertz CT molecular complexity index is 514. The third kappa shape index (κ3) is 5.20. The molecule has 0 radical (unpaired) electrons. The first kappa shape index (κ1) is 17.1. The predicted octanol–water partition coefficient (Wildman–Crippen LogP) is 1.58. The molecular weight excluding hydrogens is 278 g/mol. The SMILES string of the molecule is CCCOCCCNS(=O)(=O)c1cc(CO)ccc1C. The van der Waals surface area contributed by atoms with Crippen molar-refractivity contribution in [1.82, 2.24) is 4.72 Å². The molecular formula is C14H23NO4S. The van der Waals surface area contributed by atoms with E-state index in [-0.39, 0.29) is 11.5 Å². The van der Waals surface area contributed by atoms with E-state index in [1.54, 1.807) is 19.1 Å². The van der Waals surface area contributed by atoms with Crippen LogP contribution in [0, 0.1) is 6.92 Å². The van der Waals surface area contributed by atoms with Crippen LogP contribution in [0.3, 0.4) is 0 Å². The minimum absolute atomic E-state index is 0.173. The summed E-state index contributed by atoms with van der Waals surface area (Å²) in [5.74, 6) is 0. The Morgan fingerprint density at radius 1 is 1.30 bits per heavy atom. The van der Waals surface area contributed by atoms with E-state index in [2.05, 4.69) is 4.72 Å². The molecule has 0 unspecified atom stereocenters. The summed E-state index contributed by atoms with van der Waals surface area (Å²) in [6, 6.07) is 4.92. The van der Waals surface area contributed by atoms with Crippen LogP contribution in [0.1, 0.15) is 30.9 Å². The smallest absolute Gasteiger partial charge is 0.240 e. The Labute approximate surface area is 121 Å². The van der Waals surface area contributed by atoms with Gasteiger partial charge in [-0.2, -0.15) is 0 Å². The van der Waals surface area contributed by atoms with Gasteiger partial charge in [-0.05, 0) is 37.0 Å². The van der Waals surface area contributed by atoms with Crippen molar-refractivity contribution < 1.29 is 18.3 Å². The quantitative estimate of drug-likeness (QED) is 0.679. The summed E-state index contributed by atoms with van der Waals surface area (Å²) in [5, 5.41) is 9.08. The summed E-state index contributed by atoms with van der Waals surface area (Å²) >= 11 is 0. The maximum absolute atomic E-state index is 12.2. The third-order valence-electron chi connectivity index (χ3n) is 2.83. The molecule has 114 valence electrons. The van der Waals surface area contributed by atoms with E-state index in [9.17, 15) is 8.42 Å². The van der Waals surface area contributed by atoms with E-state index in [0.717, 1.165) is 6.42 Å². The van der Waals surface area contributed by atoms with Crippen LogP contribution in [-0.4, -0.2) is 33.3 Å². The van der Waals surface area contributed by atoms with Gasteiger partial charge in [0.05, 0.1) is 11.5 Å². The molecule has 0 spiro atoms. The highest BCUT2D eigenvalue weighted by Crippen LogP contribution is 2.17. The number of aliphatic hydroxyl groups excluding tert-OH is 1. The van der Waals surface area contributed by atoms with Gasteiger partial charge in [-0.1, -0.05) is 19.1 Å². The molecule has 0 heterocycles. The number of aryl methyl sites for hydroxylation is 1. The molecule has 0 aliphatic carbocycles. The van der Waals surface area contributed by atoms with Crippen molar-refractivity contribution in [3.63, 3.8) is 0 Å². The molecule has 0 aliphatic rings. The van der Waals surface area contributed by atoms with Crippen LogP contribution in [0.25, 0.3) is 0 Å². The van der Waals surface area contributed by atoms with E-state index in [4.69, 9.17) is 9.84 Å². The van der Waals surface area contributed by atoms with Crippen molar-refractivity contribution in [3.05, 3.63) is 29.3 Å². The van der Waals surface area contributed by atoms with Crippen molar-refractivity contribution >= 4 is 10.0 Å². The average molecular weight is 301 g/mol. The minimum Gasteiger partial charge on any atom is -0.392 e. The monoisotopic (exact) mass is 301 g/mol. The van der Waals surface area contributed by atoms with Crippen LogP contribution in [0.4, 0.5) is 0 Å². The van der Waals surface area contributed by atoms with E-state index in [0.29, 0.717) is 37.3 Å². The fourth-order valence-electron chi connectivity index (χ4n) is 1.74. The van der Waals surface area contributed by atoms with Crippen LogP contribution in [0.15, 0.2) is 23.1 Å². The first-order valence-corrected chi connectivity index (χ1v) is 8.27. The summed E-state index contributed by atoms with van der Waals surface area (Å²) in [6.45, 7) is 5.18. The van der Waals surface area contributed by atoms with Gasteiger partial charge in [0.2, 0.25) is 10.0 Å². The normalized spacial score (nSPS) is 11.8. The van der Waals surface area contributed by atoms with Gasteiger partial charge in [0.25, 0.3) is 0 Å². The Morgan fingerprint density at radius 2 is 2.05 bits per heavy atom. The summed E-state index contributed by atoms with van der Waals surface area (Å²) in [7, 11) is -3.53. The Hall–Kier alpha value is -0.950. The minimum atomic E-state index is -3.53. The number of hydrogen-bond donors (Lipinski definition) is 2. The highest BCUT2D eigenvalue weighted by atomic mass is 32.2. The van der Waals surface area contributed by atoms with Crippen LogP contribution < -0.4 is 4.72 Å². The van der Waals surface area contributed by atoms with Crippen LogP contribution in [0.2, 0.25) is 0 Å². The molecule has 5 nitrogen and oxygen atoms in total. The molecule has 1 rings (SSSR count). The molecule has 1 aromatic rings. The summed E-state index contributed by atoms with van der Waals surface area (Å²) in [5.41, 5.74) is 1.25. The number of sulfonamides is 1. The van der Waals surface area contributed by atoms with Gasteiger partial charge in [-0.3, -0.25) is 0 Å². The lowest BCUT2D eigenvalue weighted by Gasteiger charge is -2.10. The molecule has 0 atom stereocenters. The second kappa shape index (κ2) is 8.36. The van der Waals surface area contributed by atoms with Gasteiger partial charge in [0.15, 0.2) is 0 Å². The summed E-state index contributed by atoms with van der Waals surface area (Å²) in [6.07, 6.45) is 1.59. The van der Waals surface area contributed by atoms with Crippen molar-refractivity contribution in [2.24, 2.45) is 0 Å². The van der Waals surface area contributed by atoms with Gasteiger partial charge < -0.3 is 9.84 Å². The maximum atomic E-state index is 12.2. The number of hydrogen-bond acceptors (Lipinski definition) is 4. The molecule has 0 aliphatic heterocycles. The number of aliphatic hydroxyl groups is 1. The highest BCUT2D eigenvalue weighted by molar-refractivity contribution is 7.89. The largest absolute Gasteiger partial charge is 0.392 e. The van der Waals surface area contributed by atoms with E-state index in [1.165, 1.54) is 6.07 Å².